The molecule has 0 bridgehead atoms. The van der Waals surface area contributed by atoms with Gasteiger partial charge < -0.3 is 10.6 Å². The molecule has 0 radical (unpaired) electrons. The standard InChI is InChI=1S/C26H23F6N5O4/c1-3-19(26(30,31)32)34-25(41)16-11-37(22-17(28)7-14(27)8-18(22)29)24-15(23(16)40)4-5-20(35-24)36-10-13(6-21(36)39)9-33-12(2)38/h4-5,7-8,11,13,19H,3,6,9-10H2,1-2H3,(H,33,38)(H,34,41). The van der Waals surface area contributed by atoms with Crippen LogP contribution >= 0.6 is 0 Å². The Morgan fingerprint density at radius 3 is 2.37 bits per heavy atom. The molecule has 4 rings (SSSR count). The molecule has 1 aliphatic heterocycles. The average molecular weight is 583 g/mol. The van der Waals surface area contributed by atoms with Crippen molar-refractivity contribution in [1.29, 1.82) is 0 Å². The number of hydrogen-bond acceptors (Lipinski definition) is 5. The summed E-state index contributed by atoms with van der Waals surface area (Å²) in [6.45, 7) is 2.77. The number of nitrogens with one attached hydrogen (secondary N) is 2. The first kappa shape index (κ1) is 29.6. The summed E-state index contributed by atoms with van der Waals surface area (Å²) < 4.78 is 83.9. The fourth-order valence-electron chi connectivity index (χ4n) is 4.52. The third-order valence-electron chi connectivity index (χ3n) is 6.53. The Kier molecular flexibility index (Phi) is 8.08. The summed E-state index contributed by atoms with van der Waals surface area (Å²) >= 11 is 0. The number of aromatic nitrogens is 2. The molecule has 2 atom stereocenters. The van der Waals surface area contributed by atoms with E-state index in [9.17, 15) is 45.5 Å². The van der Waals surface area contributed by atoms with Gasteiger partial charge >= 0.3 is 6.18 Å². The number of amides is 3. The van der Waals surface area contributed by atoms with E-state index in [1.54, 1.807) is 5.32 Å². The molecule has 41 heavy (non-hydrogen) atoms. The first-order chi connectivity index (χ1) is 19.2. The Hall–Kier alpha value is -4.43. The number of nitrogens with zero attached hydrogens (tertiary/aromatic N) is 3. The van der Waals surface area contributed by atoms with Crippen molar-refractivity contribution in [3.8, 4) is 5.69 Å². The van der Waals surface area contributed by atoms with Gasteiger partial charge in [0.2, 0.25) is 17.2 Å². The minimum atomic E-state index is -4.84. The average Bonchev–Trinajstić information content (AvgIpc) is 3.26. The van der Waals surface area contributed by atoms with Crippen LogP contribution in [0.3, 0.4) is 0 Å². The number of carbonyl (C=O) groups excluding carboxylic acids is 3. The lowest BCUT2D eigenvalue weighted by atomic mass is 10.1. The lowest BCUT2D eigenvalue weighted by Crippen LogP contribution is -2.46. The number of fused-ring (bicyclic) bond motifs is 1. The van der Waals surface area contributed by atoms with Crippen molar-refractivity contribution in [2.45, 2.75) is 38.9 Å². The molecule has 1 aliphatic rings. The van der Waals surface area contributed by atoms with E-state index in [1.165, 1.54) is 17.9 Å². The molecule has 1 aromatic carbocycles. The number of rotatable bonds is 7. The van der Waals surface area contributed by atoms with Crippen molar-refractivity contribution in [3.05, 3.63) is 63.7 Å². The van der Waals surface area contributed by atoms with Crippen LogP contribution in [0.25, 0.3) is 16.7 Å². The summed E-state index contributed by atoms with van der Waals surface area (Å²) in [6, 6.07) is 0.696. The van der Waals surface area contributed by atoms with Gasteiger partial charge in [-0.1, -0.05) is 6.92 Å². The van der Waals surface area contributed by atoms with Crippen LogP contribution in [-0.4, -0.2) is 52.6 Å². The van der Waals surface area contributed by atoms with E-state index in [1.807, 2.05) is 0 Å². The van der Waals surface area contributed by atoms with E-state index in [4.69, 9.17) is 0 Å². The highest BCUT2D eigenvalue weighted by Crippen LogP contribution is 2.28. The van der Waals surface area contributed by atoms with Gasteiger partial charge in [-0.15, -0.1) is 0 Å². The molecule has 1 saturated heterocycles. The number of benzene rings is 1. The lowest BCUT2D eigenvalue weighted by Gasteiger charge is -2.21. The Morgan fingerprint density at radius 1 is 1.12 bits per heavy atom. The van der Waals surface area contributed by atoms with E-state index >= 15 is 0 Å². The normalized spacial score (nSPS) is 16.2. The molecule has 9 nitrogen and oxygen atoms in total. The topological polar surface area (TPSA) is 113 Å². The Balaban J connectivity index is 1.88. The van der Waals surface area contributed by atoms with Crippen LogP contribution in [0.1, 0.15) is 37.0 Å². The van der Waals surface area contributed by atoms with E-state index < -0.39 is 75.6 Å². The van der Waals surface area contributed by atoms with Crippen LogP contribution in [0, 0.1) is 23.4 Å². The third-order valence-corrected chi connectivity index (χ3v) is 6.53. The molecule has 15 heteroatoms. The molecule has 3 amide bonds. The number of alkyl halides is 3. The van der Waals surface area contributed by atoms with Gasteiger partial charge in [0, 0.05) is 50.7 Å². The van der Waals surface area contributed by atoms with E-state index in [2.05, 4.69) is 10.3 Å². The molecule has 2 aromatic heterocycles. The van der Waals surface area contributed by atoms with Gasteiger partial charge in [0.05, 0.1) is 5.39 Å². The van der Waals surface area contributed by atoms with Gasteiger partial charge in [0.15, 0.2) is 17.3 Å². The molecule has 3 aromatic rings. The molecule has 0 aliphatic carbocycles. The van der Waals surface area contributed by atoms with E-state index in [0.717, 1.165) is 13.0 Å². The first-order valence-corrected chi connectivity index (χ1v) is 12.3. The molecular formula is C26H23F6N5O4. The molecule has 0 spiro atoms. The van der Waals surface area contributed by atoms with Crippen LogP contribution in [0.5, 0.6) is 0 Å². The minimum Gasteiger partial charge on any atom is -0.356 e. The van der Waals surface area contributed by atoms with Crippen molar-refractivity contribution in [1.82, 2.24) is 20.2 Å². The summed E-state index contributed by atoms with van der Waals surface area (Å²) in [4.78, 5) is 55.4. The predicted octanol–water partition coefficient (Wildman–Crippen LogP) is 3.36. The van der Waals surface area contributed by atoms with Crippen LogP contribution in [-0.2, 0) is 9.59 Å². The largest absolute Gasteiger partial charge is 0.408 e. The quantitative estimate of drug-likeness (QED) is 0.415. The maximum absolute atomic E-state index is 14.9. The van der Waals surface area contributed by atoms with Gasteiger partial charge in [-0.05, 0) is 18.6 Å². The maximum atomic E-state index is 14.9. The second-order valence-electron chi connectivity index (χ2n) is 9.49. The zero-order valence-corrected chi connectivity index (χ0v) is 21.6. The summed E-state index contributed by atoms with van der Waals surface area (Å²) in [5, 5.41) is 3.90. The second kappa shape index (κ2) is 11.2. The summed E-state index contributed by atoms with van der Waals surface area (Å²) in [6.07, 6.45) is -4.74. The highest BCUT2D eigenvalue weighted by molar-refractivity contribution is 5.99. The van der Waals surface area contributed by atoms with Crippen molar-refractivity contribution in [2.75, 3.05) is 18.0 Å². The smallest absolute Gasteiger partial charge is 0.356 e. The summed E-state index contributed by atoms with van der Waals surface area (Å²) in [5.74, 6) is -6.67. The monoisotopic (exact) mass is 583 g/mol. The first-order valence-electron chi connectivity index (χ1n) is 12.3. The minimum absolute atomic E-state index is 0.0378. The fourth-order valence-corrected chi connectivity index (χ4v) is 4.52. The number of carbonyl (C=O) groups is 3. The Morgan fingerprint density at radius 2 is 1.78 bits per heavy atom. The Labute approximate surface area is 228 Å². The van der Waals surface area contributed by atoms with Crippen LogP contribution in [0.4, 0.5) is 32.2 Å². The molecule has 0 saturated carbocycles. The fraction of sp³-hybridized carbons (Fsp3) is 0.346. The molecule has 1 fully saturated rings. The maximum Gasteiger partial charge on any atom is 0.408 e. The molecule has 3 heterocycles. The molecule has 218 valence electrons. The zero-order valence-electron chi connectivity index (χ0n) is 21.6. The van der Waals surface area contributed by atoms with Crippen molar-refractivity contribution >= 4 is 34.6 Å². The predicted molar refractivity (Wildman–Crippen MR) is 134 cm³/mol. The molecular weight excluding hydrogens is 560 g/mol. The number of anilines is 1. The van der Waals surface area contributed by atoms with Gasteiger partial charge in [-0.3, -0.25) is 28.6 Å². The highest BCUT2D eigenvalue weighted by Gasteiger charge is 2.40. The van der Waals surface area contributed by atoms with E-state index in [0.29, 0.717) is 22.9 Å². The number of hydrogen-bond donors (Lipinski definition) is 2. The number of pyridine rings is 2. The number of halogens is 6. The summed E-state index contributed by atoms with van der Waals surface area (Å²) in [5.41, 5.74) is -3.39. The zero-order chi connectivity index (χ0) is 30.2. The highest BCUT2D eigenvalue weighted by atomic mass is 19.4. The van der Waals surface area contributed by atoms with Gasteiger partial charge in [-0.2, -0.15) is 13.2 Å². The van der Waals surface area contributed by atoms with Crippen molar-refractivity contribution in [2.24, 2.45) is 5.92 Å². The van der Waals surface area contributed by atoms with Crippen LogP contribution < -0.4 is 21.0 Å². The Bertz CT molecular complexity index is 1580. The SMILES string of the molecule is CCC(NC(=O)c1cn(-c2c(F)cc(F)cc2F)c2nc(N3CC(CNC(C)=O)CC3=O)ccc2c1=O)C(F)(F)F. The second-order valence-corrected chi connectivity index (χ2v) is 9.49. The molecule has 2 unspecified atom stereocenters. The molecule has 2 N–H and O–H groups in total. The summed E-state index contributed by atoms with van der Waals surface area (Å²) in [7, 11) is 0. The van der Waals surface area contributed by atoms with Crippen LogP contribution in [0.2, 0.25) is 0 Å². The van der Waals surface area contributed by atoms with Crippen molar-refractivity contribution in [3.63, 3.8) is 0 Å². The van der Waals surface area contributed by atoms with Crippen molar-refractivity contribution < 1.29 is 40.7 Å². The third kappa shape index (κ3) is 6.02. The van der Waals surface area contributed by atoms with Crippen LogP contribution in [0.15, 0.2) is 35.3 Å². The van der Waals surface area contributed by atoms with Gasteiger partial charge in [0.25, 0.3) is 5.91 Å². The van der Waals surface area contributed by atoms with Gasteiger partial charge in [-0.25, -0.2) is 18.2 Å². The van der Waals surface area contributed by atoms with E-state index in [-0.39, 0.29) is 37.2 Å². The van der Waals surface area contributed by atoms with Gasteiger partial charge in [0.1, 0.15) is 28.9 Å². The lowest BCUT2D eigenvalue weighted by molar-refractivity contribution is -0.153.